The van der Waals surface area contributed by atoms with Crippen molar-refractivity contribution in [1.29, 1.82) is 0 Å². The number of hydrogen-bond acceptors (Lipinski definition) is 3. The number of benzene rings is 2. The second-order valence-corrected chi connectivity index (χ2v) is 5.47. The molecule has 0 fully saturated rings. The van der Waals surface area contributed by atoms with E-state index in [1.807, 2.05) is 30.3 Å². The van der Waals surface area contributed by atoms with E-state index in [1.54, 1.807) is 6.07 Å². The Morgan fingerprint density at radius 2 is 1.90 bits per heavy atom. The van der Waals surface area contributed by atoms with Crippen molar-refractivity contribution >= 4 is 33.2 Å². The minimum atomic E-state index is -0.493. The highest BCUT2D eigenvalue weighted by molar-refractivity contribution is 9.09. The summed E-state index contributed by atoms with van der Waals surface area (Å²) in [5.74, 6) is 0.202. The van der Waals surface area contributed by atoms with E-state index < -0.39 is 4.92 Å². The third kappa shape index (κ3) is 3.95. The zero-order chi connectivity index (χ0) is 15.2. The Bertz CT molecular complexity index is 622. The number of alkyl halides is 1. The Morgan fingerprint density at radius 3 is 2.52 bits per heavy atom. The third-order valence-electron chi connectivity index (χ3n) is 3.03. The number of halogens is 2. The average Bonchev–Trinajstić information content (AvgIpc) is 2.50. The predicted octanol–water partition coefficient (Wildman–Crippen LogP) is 4.81. The van der Waals surface area contributed by atoms with Gasteiger partial charge in [-0.25, -0.2) is 0 Å². The normalized spacial score (nSPS) is 11.9. The first kappa shape index (κ1) is 15.8. The standard InChI is InChI=1S/C15H13BrClNO3/c16-9-12(11-5-2-1-3-6-11)10-21-15-13(17)7-4-8-14(15)18(19)20/h1-8,12H,9-10H2. The summed E-state index contributed by atoms with van der Waals surface area (Å²) in [6, 6.07) is 14.3. The highest BCUT2D eigenvalue weighted by Crippen LogP contribution is 2.35. The molecule has 0 aliphatic heterocycles. The molecule has 1 atom stereocenters. The van der Waals surface area contributed by atoms with Crippen molar-refractivity contribution < 1.29 is 9.66 Å². The average molecular weight is 371 g/mol. The van der Waals surface area contributed by atoms with Gasteiger partial charge >= 0.3 is 5.69 Å². The minimum Gasteiger partial charge on any atom is -0.485 e. The zero-order valence-electron chi connectivity index (χ0n) is 11.0. The number of hydrogen-bond donors (Lipinski definition) is 0. The summed E-state index contributed by atoms with van der Waals surface area (Å²) in [6.45, 7) is 0.305. The van der Waals surface area contributed by atoms with Crippen LogP contribution in [0.1, 0.15) is 11.5 Å². The first-order chi connectivity index (χ1) is 10.1. The van der Waals surface area contributed by atoms with E-state index in [2.05, 4.69) is 15.9 Å². The highest BCUT2D eigenvalue weighted by Gasteiger charge is 2.20. The van der Waals surface area contributed by atoms with Crippen molar-refractivity contribution in [3.63, 3.8) is 0 Å². The largest absolute Gasteiger partial charge is 0.485 e. The van der Waals surface area contributed by atoms with Gasteiger partial charge in [-0.15, -0.1) is 0 Å². The van der Waals surface area contributed by atoms with Crippen LogP contribution in [-0.4, -0.2) is 16.9 Å². The molecule has 0 aliphatic carbocycles. The summed E-state index contributed by atoms with van der Waals surface area (Å²) in [4.78, 5) is 10.5. The topological polar surface area (TPSA) is 52.4 Å². The number of nitro benzene ring substituents is 1. The molecule has 0 aromatic heterocycles. The van der Waals surface area contributed by atoms with Crippen molar-refractivity contribution in [1.82, 2.24) is 0 Å². The quantitative estimate of drug-likeness (QED) is 0.417. The molecule has 0 aliphatic rings. The third-order valence-corrected chi connectivity index (χ3v) is 4.11. The van der Waals surface area contributed by atoms with Crippen LogP contribution >= 0.6 is 27.5 Å². The Kier molecular flexibility index (Phi) is 5.59. The molecule has 4 nitrogen and oxygen atoms in total. The Labute approximate surface area is 136 Å². The summed E-state index contributed by atoms with van der Waals surface area (Å²) in [7, 11) is 0. The number of nitro groups is 1. The fraction of sp³-hybridized carbons (Fsp3) is 0.200. The predicted molar refractivity (Wildman–Crippen MR) is 86.6 cm³/mol. The van der Waals surface area contributed by atoms with Crippen molar-refractivity contribution in [2.24, 2.45) is 0 Å². The van der Waals surface area contributed by atoms with Gasteiger partial charge in [-0.05, 0) is 11.6 Å². The Morgan fingerprint density at radius 1 is 1.19 bits per heavy atom. The number of nitrogens with zero attached hydrogens (tertiary/aromatic N) is 1. The molecule has 21 heavy (non-hydrogen) atoms. The molecule has 0 amide bonds. The lowest BCUT2D eigenvalue weighted by Gasteiger charge is -2.16. The number of ether oxygens (including phenoxy) is 1. The molecule has 0 saturated carbocycles. The van der Waals surface area contributed by atoms with E-state index in [-0.39, 0.29) is 22.4 Å². The zero-order valence-corrected chi connectivity index (χ0v) is 13.4. The summed E-state index contributed by atoms with van der Waals surface area (Å²) in [6.07, 6.45) is 0. The molecule has 6 heteroatoms. The van der Waals surface area contributed by atoms with Gasteiger partial charge in [0.1, 0.15) is 0 Å². The van der Waals surface area contributed by atoms with Crippen molar-refractivity contribution in [3.05, 3.63) is 69.2 Å². The van der Waals surface area contributed by atoms with Gasteiger partial charge in [-0.3, -0.25) is 10.1 Å². The molecule has 0 radical (unpaired) electrons. The second-order valence-electron chi connectivity index (χ2n) is 4.42. The first-order valence-electron chi connectivity index (χ1n) is 6.30. The van der Waals surface area contributed by atoms with Gasteiger partial charge in [-0.2, -0.15) is 0 Å². The van der Waals surface area contributed by atoms with E-state index in [0.717, 1.165) is 5.56 Å². The fourth-order valence-electron chi connectivity index (χ4n) is 1.92. The fourth-order valence-corrected chi connectivity index (χ4v) is 2.71. The van der Waals surface area contributed by atoms with E-state index >= 15 is 0 Å². The van der Waals surface area contributed by atoms with Crippen molar-refractivity contribution in [2.45, 2.75) is 5.92 Å². The maximum absolute atomic E-state index is 11.0. The molecular weight excluding hydrogens is 358 g/mol. The molecule has 2 aromatic rings. The van der Waals surface area contributed by atoms with Crippen LogP contribution in [0.5, 0.6) is 5.75 Å². The molecule has 2 rings (SSSR count). The number of para-hydroxylation sites is 1. The van der Waals surface area contributed by atoms with Gasteiger partial charge in [-0.1, -0.05) is 63.9 Å². The van der Waals surface area contributed by atoms with Gasteiger partial charge in [0.25, 0.3) is 0 Å². The van der Waals surface area contributed by atoms with Crippen LogP contribution < -0.4 is 4.74 Å². The molecule has 110 valence electrons. The van der Waals surface area contributed by atoms with Gasteiger partial charge in [0.2, 0.25) is 5.75 Å². The van der Waals surface area contributed by atoms with Crippen LogP contribution in [-0.2, 0) is 0 Å². The maximum Gasteiger partial charge on any atom is 0.312 e. The lowest BCUT2D eigenvalue weighted by atomic mass is 10.0. The highest BCUT2D eigenvalue weighted by atomic mass is 79.9. The van der Waals surface area contributed by atoms with Crippen LogP contribution in [0.15, 0.2) is 48.5 Å². The minimum absolute atomic E-state index is 0.0853. The Balaban J connectivity index is 2.17. The summed E-state index contributed by atoms with van der Waals surface area (Å²) in [5, 5.41) is 11.9. The maximum atomic E-state index is 11.0. The molecule has 2 aromatic carbocycles. The van der Waals surface area contributed by atoms with E-state index in [9.17, 15) is 10.1 Å². The molecule has 0 spiro atoms. The van der Waals surface area contributed by atoms with Gasteiger partial charge in [0, 0.05) is 17.3 Å². The van der Waals surface area contributed by atoms with Crippen LogP contribution in [0.3, 0.4) is 0 Å². The molecule has 0 N–H and O–H groups in total. The lowest BCUT2D eigenvalue weighted by Crippen LogP contribution is -2.12. The van der Waals surface area contributed by atoms with Gasteiger partial charge in [0.05, 0.1) is 16.6 Å². The SMILES string of the molecule is O=[N+]([O-])c1cccc(Cl)c1OCC(CBr)c1ccccc1. The molecular formula is C15H13BrClNO3. The summed E-state index contributed by atoms with van der Waals surface area (Å²) in [5.41, 5.74) is 0.980. The van der Waals surface area contributed by atoms with Crippen LogP contribution in [0, 0.1) is 10.1 Å². The van der Waals surface area contributed by atoms with Gasteiger partial charge < -0.3 is 4.74 Å². The molecule has 0 bridgehead atoms. The number of rotatable bonds is 6. The first-order valence-corrected chi connectivity index (χ1v) is 7.80. The summed E-state index contributed by atoms with van der Waals surface area (Å²) < 4.78 is 5.63. The Hall–Kier alpha value is -1.59. The molecule has 1 unspecified atom stereocenters. The van der Waals surface area contributed by atoms with Crippen LogP contribution in [0.25, 0.3) is 0 Å². The molecule has 0 heterocycles. The van der Waals surface area contributed by atoms with E-state index in [0.29, 0.717) is 11.9 Å². The van der Waals surface area contributed by atoms with Crippen molar-refractivity contribution in [3.8, 4) is 5.75 Å². The van der Waals surface area contributed by atoms with Gasteiger partial charge in [0.15, 0.2) is 0 Å². The second kappa shape index (κ2) is 7.43. The smallest absolute Gasteiger partial charge is 0.312 e. The lowest BCUT2D eigenvalue weighted by molar-refractivity contribution is -0.385. The van der Waals surface area contributed by atoms with E-state index in [1.165, 1.54) is 12.1 Å². The molecule has 0 saturated heterocycles. The van der Waals surface area contributed by atoms with E-state index in [4.69, 9.17) is 16.3 Å². The van der Waals surface area contributed by atoms with Crippen LogP contribution in [0.2, 0.25) is 5.02 Å². The summed E-state index contributed by atoms with van der Waals surface area (Å²) >= 11 is 9.45. The van der Waals surface area contributed by atoms with Crippen LogP contribution in [0.4, 0.5) is 5.69 Å². The van der Waals surface area contributed by atoms with Crippen molar-refractivity contribution in [2.75, 3.05) is 11.9 Å². The monoisotopic (exact) mass is 369 g/mol.